The van der Waals surface area contributed by atoms with Crippen LogP contribution >= 0.6 is 0 Å². The van der Waals surface area contributed by atoms with Crippen LogP contribution in [0, 0.1) is 5.41 Å². The van der Waals surface area contributed by atoms with E-state index in [4.69, 9.17) is 10.5 Å². The molecular formula is C15H24N2O. The molecule has 2 rings (SSSR count). The minimum absolute atomic E-state index is 0.557. The molecular weight excluding hydrogens is 224 g/mol. The third-order valence-corrected chi connectivity index (χ3v) is 4.33. The SMILES string of the molecule is CCC1(CNCc2ccc(OC)cc2N)CCC1. The molecule has 1 fully saturated rings. The highest BCUT2D eigenvalue weighted by Gasteiger charge is 2.34. The van der Waals surface area contributed by atoms with Crippen molar-refractivity contribution in [2.75, 3.05) is 19.4 Å². The first-order valence-corrected chi connectivity index (χ1v) is 6.82. The van der Waals surface area contributed by atoms with E-state index in [2.05, 4.69) is 12.2 Å². The molecule has 0 atom stereocenters. The van der Waals surface area contributed by atoms with Gasteiger partial charge in [0.2, 0.25) is 0 Å². The number of anilines is 1. The number of nitrogens with two attached hydrogens (primary N) is 1. The van der Waals surface area contributed by atoms with E-state index in [-0.39, 0.29) is 0 Å². The first-order chi connectivity index (χ1) is 8.69. The number of nitrogen functional groups attached to an aromatic ring is 1. The van der Waals surface area contributed by atoms with Gasteiger partial charge in [0.25, 0.3) is 0 Å². The zero-order valence-electron chi connectivity index (χ0n) is 11.5. The Morgan fingerprint density at radius 3 is 2.67 bits per heavy atom. The maximum Gasteiger partial charge on any atom is 0.120 e. The number of hydrogen-bond donors (Lipinski definition) is 2. The number of nitrogens with one attached hydrogen (secondary N) is 1. The molecule has 1 aliphatic rings. The van der Waals surface area contributed by atoms with E-state index in [1.807, 2.05) is 18.2 Å². The lowest BCUT2D eigenvalue weighted by Crippen LogP contribution is -2.39. The van der Waals surface area contributed by atoms with Crippen molar-refractivity contribution < 1.29 is 4.74 Å². The Kier molecular flexibility index (Phi) is 4.12. The standard InChI is InChI=1S/C15H24N2O/c1-3-15(7-4-8-15)11-17-10-12-5-6-13(18-2)9-14(12)16/h5-6,9,17H,3-4,7-8,10-11,16H2,1-2H3. The Hall–Kier alpha value is -1.22. The lowest BCUT2D eigenvalue weighted by molar-refractivity contribution is 0.124. The molecule has 0 radical (unpaired) electrons. The summed E-state index contributed by atoms with van der Waals surface area (Å²) in [6.45, 7) is 4.25. The van der Waals surface area contributed by atoms with Crippen molar-refractivity contribution in [3.05, 3.63) is 23.8 Å². The van der Waals surface area contributed by atoms with Crippen molar-refractivity contribution in [3.63, 3.8) is 0 Å². The Morgan fingerprint density at radius 1 is 1.39 bits per heavy atom. The summed E-state index contributed by atoms with van der Waals surface area (Å²) in [6, 6.07) is 5.89. The Morgan fingerprint density at radius 2 is 2.17 bits per heavy atom. The van der Waals surface area contributed by atoms with Crippen LogP contribution in [0.2, 0.25) is 0 Å². The van der Waals surface area contributed by atoms with E-state index < -0.39 is 0 Å². The molecule has 1 aliphatic carbocycles. The number of benzene rings is 1. The largest absolute Gasteiger partial charge is 0.497 e. The minimum atomic E-state index is 0.557. The molecule has 0 amide bonds. The molecule has 1 aromatic rings. The fraction of sp³-hybridized carbons (Fsp3) is 0.600. The van der Waals surface area contributed by atoms with Crippen LogP contribution in [0.15, 0.2) is 18.2 Å². The van der Waals surface area contributed by atoms with E-state index in [1.165, 1.54) is 25.7 Å². The summed E-state index contributed by atoms with van der Waals surface area (Å²) in [5, 5.41) is 3.55. The van der Waals surface area contributed by atoms with Gasteiger partial charge in [0.05, 0.1) is 7.11 Å². The first-order valence-electron chi connectivity index (χ1n) is 6.82. The van der Waals surface area contributed by atoms with Gasteiger partial charge in [-0.25, -0.2) is 0 Å². The van der Waals surface area contributed by atoms with Gasteiger partial charge >= 0.3 is 0 Å². The third kappa shape index (κ3) is 2.78. The van der Waals surface area contributed by atoms with Crippen LogP contribution in [0.5, 0.6) is 5.75 Å². The van der Waals surface area contributed by atoms with Gasteiger partial charge in [0.15, 0.2) is 0 Å². The van der Waals surface area contributed by atoms with Crippen molar-refractivity contribution >= 4 is 5.69 Å². The highest BCUT2D eigenvalue weighted by Crippen LogP contribution is 2.43. The van der Waals surface area contributed by atoms with Gasteiger partial charge in [0, 0.05) is 24.8 Å². The normalized spacial score (nSPS) is 17.2. The zero-order chi connectivity index (χ0) is 13.0. The summed E-state index contributed by atoms with van der Waals surface area (Å²) in [6.07, 6.45) is 5.40. The summed E-state index contributed by atoms with van der Waals surface area (Å²) in [7, 11) is 1.66. The molecule has 0 spiro atoms. The van der Waals surface area contributed by atoms with Gasteiger partial charge in [0.1, 0.15) is 5.75 Å². The van der Waals surface area contributed by atoms with Gasteiger partial charge in [-0.05, 0) is 36.3 Å². The molecule has 0 saturated heterocycles. The quantitative estimate of drug-likeness (QED) is 0.761. The molecule has 100 valence electrons. The average molecular weight is 248 g/mol. The molecule has 1 aromatic carbocycles. The minimum Gasteiger partial charge on any atom is -0.497 e. The van der Waals surface area contributed by atoms with Crippen LogP contribution < -0.4 is 15.8 Å². The van der Waals surface area contributed by atoms with Crippen molar-refractivity contribution in [2.45, 2.75) is 39.2 Å². The molecule has 0 bridgehead atoms. The van der Waals surface area contributed by atoms with Crippen LogP contribution in [0.25, 0.3) is 0 Å². The molecule has 0 aromatic heterocycles. The first kappa shape index (κ1) is 13.2. The van der Waals surface area contributed by atoms with Crippen LogP contribution in [-0.4, -0.2) is 13.7 Å². The monoisotopic (exact) mass is 248 g/mol. The van der Waals surface area contributed by atoms with Crippen LogP contribution in [0.3, 0.4) is 0 Å². The Balaban J connectivity index is 1.86. The Bertz CT molecular complexity index is 394. The van der Waals surface area contributed by atoms with Gasteiger partial charge in [-0.1, -0.05) is 19.4 Å². The summed E-state index contributed by atoms with van der Waals surface area (Å²) in [5.41, 5.74) is 8.52. The molecule has 3 nitrogen and oxygen atoms in total. The van der Waals surface area contributed by atoms with E-state index in [9.17, 15) is 0 Å². The summed E-state index contributed by atoms with van der Waals surface area (Å²) < 4.78 is 5.15. The van der Waals surface area contributed by atoms with Gasteiger partial charge in [-0.3, -0.25) is 0 Å². The van der Waals surface area contributed by atoms with Crippen molar-refractivity contribution in [1.29, 1.82) is 0 Å². The molecule has 1 saturated carbocycles. The summed E-state index contributed by atoms with van der Waals surface area (Å²) >= 11 is 0. The van der Waals surface area contributed by atoms with Crippen molar-refractivity contribution in [1.82, 2.24) is 5.32 Å². The predicted molar refractivity (Wildman–Crippen MR) is 75.7 cm³/mol. The number of rotatable bonds is 6. The lowest BCUT2D eigenvalue weighted by atomic mass is 9.67. The molecule has 18 heavy (non-hydrogen) atoms. The van der Waals surface area contributed by atoms with Gasteiger partial charge in [-0.2, -0.15) is 0 Å². The molecule has 3 N–H and O–H groups in total. The van der Waals surface area contributed by atoms with E-state index in [0.29, 0.717) is 5.41 Å². The topological polar surface area (TPSA) is 47.3 Å². The number of hydrogen-bond acceptors (Lipinski definition) is 3. The maximum absolute atomic E-state index is 6.01. The second-order valence-electron chi connectivity index (χ2n) is 5.38. The Labute approximate surface area is 110 Å². The van der Waals surface area contributed by atoms with Crippen LogP contribution in [0.1, 0.15) is 38.2 Å². The fourth-order valence-electron chi connectivity index (χ4n) is 2.66. The number of ether oxygens (including phenoxy) is 1. The molecule has 3 heteroatoms. The predicted octanol–water partition coefficient (Wildman–Crippen LogP) is 2.95. The maximum atomic E-state index is 6.01. The second-order valence-corrected chi connectivity index (χ2v) is 5.38. The van der Waals surface area contributed by atoms with Gasteiger partial charge in [-0.15, -0.1) is 0 Å². The summed E-state index contributed by atoms with van der Waals surface area (Å²) in [5.74, 6) is 0.820. The number of methoxy groups -OCH3 is 1. The highest BCUT2D eigenvalue weighted by molar-refractivity contribution is 5.51. The smallest absolute Gasteiger partial charge is 0.120 e. The highest BCUT2D eigenvalue weighted by atomic mass is 16.5. The van der Waals surface area contributed by atoms with Crippen molar-refractivity contribution in [2.24, 2.45) is 5.41 Å². The van der Waals surface area contributed by atoms with E-state index >= 15 is 0 Å². The molecule has 0 aliphatic heterocycles. The molecule has 0 heterocycles. The third-order valence-electron chi connectivity index (χ3n) is 4.33. The van der Waals surface area contributed by atoms with Crippen molar-refractivity contribution in [3.8, 4) is 5.75 Å². The van der Waals surface area contributed by atoms with Gasteiger partial charge < -0.3 is 15.8 Å². The second kappa shape index (κ2) is 5.61. The molecule has 0 unspecified atom stereocenters. The van der Waals surface area contributed by atoms with E-state index in [0.717, 1.165) is 30.1 Å². The lowest BCUT2D eigenvalue weighted by Gasteiger charge is -2.41. The van der Waals surface area contributed by atoms with E-state index in [1.54, 1.807) is 7.11 Å². The average Bonchev–Trinajstić information content (AvgIpc) is 2.34. The summed E-state index contributed by atoms with van der Waals surface area (Å²) in [4.78, 5) is 0. The zero-order valence-corrected chi connectivity index (χ0v) is 11.5. The van der Waals surface area contributed by atoms with Crippen LogP contribution in [0.4, 0.5) is 5.69 Å². The fourth-order valence-corrected chi connectivity index (χ4v) is 2.66. The van der Waals surface area contributed by atoms with Crippen LogP contribution in [-0.2, 0) is 6.54 Å².